The van der Waals surface area contributed by atoms with Crippen LogP contribution in [0.4, 0.5) is 5.69 Å². The summed E-state index contributed by atoms with van der Waals surface area (Å²) in [6.07, 6.45) is 3.60. The van der Waals surface area contributed by atoms with E-state index in [0.29, 0.717) is 11.3 Å². The first-order chi connectivity index (χ1) is 10.1. The Morgan fingerprint density at radius 3 is 2.71 bits per heavy atom. The molecule has 1 atom stereocenters. The lowest BCUT2D eigenvalue weighted by atomic mass is 9.90. The molecule has 1 heterocycles. The van der Waals surface area contributed by atoms with Gasteiger partial charge in [-0.2, -0.15) is 0 Å². The summed E-state index contributed by atoms with van der Waals surface area (Å²) < 4.78 is 0. The zero-order chi connectivity index (χ0) is 15.3. The first-order valence-corrected chi connectivity index (χ1v) is 7.50. The fourth-order valence-electron chi connectivity index (χ4n) is 2.92. The van der Waals surface area contributed by atoms with Gasteiger partial charge in [-0.3, -0.25) is 9.59 Å². The van der Waals surface area contributed by atoms with Gasteiger partial charge in [0.2, 0.25) is 5.91 Å². The first-order valence-electron chi connectivity index (χ1n) is 7.50. The highest BCUT2D eigenvalue weighted by Gasteiger charge is 2.40. The van der Waals surface area contributed by atoms with E-state index < -0.39 is 5.54 Å². The quantitative estimate of drug-likeness (QED) is 0.775. The molecule has 0 bridgehead atoms. The van der Waals surface area contributed by atoms with Gasteiger partial charge in [-0.15, -0.1) is 0 Å². The van der Waals surface area contributed by atoms with Gasteiger partial charge in [-0.25, -0.2) is 0 Å². The van der Waals surface area contributed by atoms with Gasteiger partial charge in [0.1, 0.15) is 0 Å². The summed E-state index contributed by atoms with van der Waals surface area (Å²) >= 11 is 0. The fraction of sp³-hybridized carbons (Fsp3) is 0.500. The van der Waals surface area contributed by atoms with E-state index in [2.05, 4.69) is 22.9 Å². The molecule has 5 nitrogen and oxygen atoms in total. The molecule has 2 amide bonds. The number of benzene rings is 1. The Morgan fingerprint density at radius 2 is 2.10 bits per heavy atom. The van der Waals surface area contributed by atoms with Gasteiger partial charge >= 0.3 is 0 Å². The Kier molecular flexibility index (Phi) is 4.96. The second-order valence-electron chi connectivity index (χ2n) is 5.44. The summed E-state index contributed by atoms with van der Waals surface area (Å²) in [5.74, 6) is -0.243. The summed E-state index contributed by atoms with van der Waals surface area (Å²) in [6.45, 7) is 2.94. The molecule has 5 heteroatoms. The Hall–Kier alpha value is -1.88. The summed E-state index contributed by atoms with van der Waals surface area (Å²) in [5.41, 5.74) is 0.550. The van der Waals surface area contributed by atoms with Gasteiger partial charge < -0.3 is 16.0 Å². The molecule has 0 aromatic heterocycles. The third-order valence-electron chi connectivity index (χ3n) is 4.00. The predicted octanol–water partition coefficient (Wildman–Crippen LogP) is 1.91. The molecule has 1 unspecified atom stereocenters. The van der Waals surface area contributed by atoms with Crippen LogP contribution in [0.1, 0.15) is 43.0 Å². The van der Waals surface area contributed by atoms with Crippen LogP contribution >= 0.6 is 0 Å². The maximum Gasteiger partial charge on any atom is 0.253 e. The molecular weight excluding hydrogens is 266 g/mol. The highest BCUT2D eigenvalue weighted by Crippen LogP contribution is 2.27. The lowest BCUT2D eigenvalue weighted by Gasteiger charge is -2.28. The van der Waals surface area contributed by atoms with Gasteiger partial charge in [0.05, 0.1) is 16.8 Å². The Labute approximate surface area is 125 Å². The number of rotatable bonds is 5. The van der Waals surface area contributed by atoms with Crippen LogP contribution in [0.5, 0.6) is 0 Å². The number of carbonyl (C=O) groups excluding carboxylic acids is 2. The number of nitrogens with one attached hydrogen (secondary N) is 3. The maximum absolute atomic E-state index is 12.7. The van der Waals surface area contributed by atoms with Crippen molar-refractivity contribution < 1.29 is 9.59 Å². The van der Waals surface area contributed by atoms with E-state index in [1.807, 2.05) is 6.07 Å². The zero-order valence-corrected chi connectivity index (χ0v) is 12.7. The fourth-order valence-corrected chi connectivity index (χ4v) is 2.92. The summed E-state index contributed by atoms with van der Waals surface area (Å²) in [4.78, 5) is 24.5. The third kappa shape index (κ3) is 3.24. The molecule has 0 spiro atoms. The summed E-state index contributed by atoms with van der Waals surface area (Å²) in [6, 6.07) is 7.08. The van der Waals surface area contributed by atoms with E-state index in [0.717, 1.165) is 32.2 Å². The molecule has 1 fully saturated rings. The van der Waals surface area contributed by atoms with Crippen molar-refractivity contribution in [2.75, 3.05) is 18.9 Å². The van der Waals surface area contributed by atoms with Gasteiger partial charge in [-0.05, 0) is 37.9 Å². The minimum atomic E-state index is -0.495. The van der Waals surface area contributed by atoms with E-state index in [-0.39, 0.29) is 11.8 Å². The van der Waals surface area contributed by atoms with Crippen molar-refractivity contribution in [3.63, 3.8) is 0 Å². The molecule has 1 aliphatic heterocycles. The van der Waals surface area contributed by atoms with E-state index in [1.54, 1.807) is 25.2 Å². The van der Waals surface area contributed by atoms with E-state index in [1.165, 1.54) is 0 Å². The van der Waals surface area contributed by atoms with E-state index in [4.69, 9.17) is 0 Å². The molecule has 0 saturated carbocycles. The molecule has 21 heavy (non-hydrogen) atoms. The van der Waals surface area contributed by atoms with Gasteiger partial charge in [0.25, 0.3) is 5.91 Å². The van der Waals surface area contributed by atoms with Crippen molar-refractivity contribution in [3.05, 3.63) is 29.8 Å². The lowest BCUT2D eigenvalue weighted by molar-refractivity contribution is -0.122. The number of carbonyl (C=O) groups is 2. The molecular formula is C16H23N3O2. The average molecular weight is 289 g/mol. The van der Waals surface area contributed by atoms with Crippen molar-refractivity contribution in [2.45, 2.75) is 38.1 Å². The highest BCUT2D eigenvalue weighted by molar-refractivity contribution is 6.05. The van der Waals surface area contributed by atoms with E-state index >= 15 is 0 Å². The average Bonchev–Trinajstić information content (AvgIpc) is 2.97. The topological polar surface area (TPSA) is 70.2 Å². The van der Waals surface area contributed by atoms with Crippen LogP contribution < -0.4 is 16.0 Å². The molecule has 114 valence electrons. The summed E-state index contributed by atoms with van der Waals surface area (Å²) in [7, 11) is 1.58. The largest absolute Gasteiger partial charge is 0.355 e. The normalized spacial score (nSPS) is 21.0. The minimum Gasteiger partial charge on any atom is -0.355 e. The van der Waals surface area contributed by atoms with Crippen LogP contribution in [-0.4, -0.2) is 30.9 Å². The van der Waals surface area contributed by atoms with Crippen molar-refractivity contribution in [1.82, 2.24) is 10.6 Å². The van der Waals surface area contributed by atoms with Crippen molar-refractivity contribution in [1.29, 1.82) is 0 Å². The standard InChI is InChI=1S/C16H23N3O2/c1-3-9-16(10-6-11-18-16)15(21)19-13-8-5-4-7-12(13)14(20)17-2/h4-5,7-8,18H,3,6,9-11H2,1-2H3,(H,17,20)(H,19,21). The molecule has 3 N–H and O–H groups in total. The lowest BCUT2D eigenvalue weighted by Crippen LogP contribution is -2.50. The Bertz CT molecular complexity index is 522. The van der Waals surface area contributed by atoms with Gasteiger partial charge in [0, 0.05) is 7.05 Å². The number of anilines is 1. The number of hydrogen-bond donors (Lipinski definition) is 3. The Balaban J connectivity index is 2.21. The van der Waals surface area contributed by atoms with Crippen LogP contribution in [0, 0.1) is 0 Å². The second kappa shape index (κ2) is 6.72. The van der Waals surface area contributed by atoms with Gasteiger partial charge in [-0.1, -0.05) is 25.5 Å². The van der Waals surface area contributed by atoms with Gasteiger partial charge in [0.15, 0.2) is 0 Å². The van der Waals surface area contributed by atoms with Crippen molar-refractivity contribution in [2.24, 2.45) is 0 Å². The molecule has 1 saturated heterocycles. The van der Waals surface area contributed by atoms with Crippen molar-refractivity contribution >= 4 is 17.5 Å². The van der Waals surface area contributed by atoms with Crippen LogP contribution in [0.2, 0.25) is 0 Å². The smallest absolute Gasteiger partial charge is 0.253 e. The molecule has 0 radical (unpaired) electrons. The second-order valence-corrected chi connectivity index (χ2v) is 5.44. The first kappa shape index (κ1) is 15.5. The SMILES string of the molecule is CCCC1(C(=O)Nc2ccccc2C(=O)NC)CCCN1. The third-order valence-corrected chi connectivity index (χ3v) is 4.00. The molecule has 0 aliphatic carbocycles. The van der Waals surface area contributed by atoms with Crippen molar-refractivity contribution in [3.8, 4) is 0 Å². The van der Waals surface area contributed by atoms with Crippen LogP contribution in [0.3, 0.4) is 0 Å². The predicted molar refractivity (Wildman–Crippen MR) is 83.3 cm³/mol. The van der Waals surface area contributed by atoms with E-state index in [9.17, 15) is 9.59 Å². The monoisotopic (exact) mass is 289 g/mol. The van der Waals surface area contributed by atoms with Crippen LogP contribution in [-0.2, 0) is 4.79 Å². The number of amides is 2. The molecule has 1 aromatic carbocycles. The zero-order valence-electron chi connectivity index (χ0n) is 12.7. The minimum absolute atomic E-state index is 0.0433. The highest BCUT2D eigenvalue weighted by atomic mass is 16.2. The Morgan fingerprint density at radius 1 is 1.33 bits per heavy atom. The molecule has 1 aromatic rings. The maximum atomic E-state index is 12.7. The van der Waals surface area contributed by atoms with Crippen LogP contribution in [0.25, 0.3) is 0 Å². The summed E-state index contributed by atoms with van der Waals surface area (Å²) in [5, 5.41) is 8.87. The number of hydrogen-bond acceptors (Lipinski definition) is 3. The van der Waals surface area contributed by atoms with Crippen LogP contribution in [0.15, 0.2) is 24.3 Å². The molecule has 2 rings (SSSR count). The number of para-hydroxylation sites is 1. The molecule has 1 aliphatic rings.